The average molecular weight is 306 g/mol. The SMILES string of the molecule is CC(C)c1nnc(CN2CCC[C@@H]2[C@@H]2CCCC[C@H]2O)n1C. The third kappa shape index (κ3) is 3.06. The van der Waals surface area contributed by atoms with E-state index in [2.05, 4.69) is 40.6 Å². The first-order chi connectivity index (χ1) is 10.6. The Hall–Kier alpha value is -0.940. The highest BCUT2D eigenvalue weighted by atomic mass is 16.3. The molecule has 1 aliphatic carbocycles. The van der Waals surface area contributed by atoms with Gasteiger partial charge in [0.2, 0.25) is 0 Å². The molecule has 2 heterocycles. The predicted molar refractivity (Wildman–Crippen MR) is 86.5 cm³/mol. The molecular formula is C17H30N4O. The summed E-state index contributed by atoms with van der Waals surface area (Å²) in [6, 6.07) is 0.523. The first kappa shape index (κ1) is 15.9. The van der Waals surface area contributed by atoms with E-state index < -0.39 is 0 Å². The normalized spacial score (nSPS) is 30.3. The Kier molecular flexibility index (Phi) is 4.83. The number of rotatable bonds is 4. The number of aromatic nitrogens is 3. The van der Waals surface area contributed by atoms with Crippen LogP contribution in [0.4, 0.5) is 0 Å². The van der Waals surface area contributed by atoms with Crippen LogP contribution in [0.25, 0.3) is 0 Å². The lowest BCUT2D eigenvalue weighted by Crippen LogP contribution is -2.42. The molecule has 1 N–H and O–H groups in total. The van der Waals surface area contributed by atoms with Crippen molar-refractivity contribution in [2.45, 2.75) is 77.0 Å². The first-order valence-corrected chi connectivity index (χ1v) is 8.88. The van der Waals surface area contributed by atoms with Crippen LogP contribution in [-0.4, -0.2) is 43.5 Å². The van der Waals surface area contributed by atoms with E-state index in [4.69, 9.17) is 0 Å². The molecule has 124 valence electrons. The van der Waals surface area contributed by atoms with Crippen LogP contribution in [0.2, 0.25) is 0 Å². The standard InChI is InChI=1S/C17H30N4O/c1-12(2)17-19-18-16(20(17)3)11-21-10-6-8-14(21)13-7-4-5-9-15(13)22/h12-15,22H,4-11H2,1-3H3/t13-,14+,15+/m0/s1. The zero-order valence-corrected chi connectivity index (χ0v) is 14.2. The number of hydrogen-bond donors (Lipinski definition) is 1. The van der Waals surface area contributed by atoms with Gasteiger partial charge < -0.3 is 9.67 Å². The van der Waals surface area contributed by atoms with Crippen LogP contribution in [0.3, 0.4) is 0 Å². The van der Waals surface area contributed by atoms with Crippen LogP contribution in [0.5, 0.6) is 0 Å². The molecule has 2 fully saturated rings. The molecule has 5 heteroatoms. The maximum absolute atomic E-state index is 10.4. The summed E-state index contributed by atoms with van der Waals surface area (Å²) in [6.07, 6.45) is 6.97. The lowest BCUT2D eigenvalue weighted by atomic mass is 9.80. The summed E-state index contributed by atoms with van der Waals surface area (Å²) in [6.45, 7) is 6.30. The maximum Gasteiger partial charge on any atom is 0.146 e. The van der Waals surface area contributed by atoms with E-state index >= 15 is 0 Å². The molecule has 0 spiro atoms. The van der Waals surface area contributed by atoms with Gasteiger partial charge >= 0.3 is 0 Å². The number of likely N-dealkylation sites (tertiary alicyclic amines) is 1. The van der Waals surface area contributed by atoms with Gasteiger partial charge in [-0.25, -0.2) is 0 Å². The van der Waals surface area contributed by atoms with Crippen molar-refractivity contribution in [1.29, 1.82) is 0 Å². The smallest absolute Gasteiger partial charge is 0.146 e. The molecule has 0 amide bonds. The van der Waals surface area contributed by atoms with Gasteiger partial charge in [0.15, 0.2) is 0 Å². The van der Waals surface area contributed by atoms with Gasteiger partial charge in [-0.3, -0.25) is 4.90 Å². The van der Waals surface area contributed by atoms with Gasteiger partial charge in [0.05, 0.1) is 12.6 Å². The lowest BCUT2D eigenvalue weighted by Gasteiger charge is -2.37. The van der Waals surface area contributed by atoms with E-state index in [-0.39, 0.29) is 6.10 Å². The highest BCUT2D eigenvalue weighted by molar-refractivity contribution is 5.01. The Balaban J connectivity index is 1.71. The molecule has 1 aliphatic heterocycles. The fraction of sp³-hybridized carbons (Fsp3) is 0.882. The van der Waals surface area contributed by atoms with Crippen LogP contribution in [0.15, 0.2) is 0 Å². The van der Waals surface area contributed by atoms with E-state index in [1.54, 1.807) is 0 Å². The van der Waals surface area contributed by atoms with Crippen LogP contribution in [0, 0.1) is 5.92 Å². The summed E-state index contributed by atoms with van der Waals surface area (Å²) in [7, 11) is 2.07. The quantitative estimate of drug-likeness (QED) is 0.928. The predicted octanol–water partition coefficient (Wildman–Crippen LogP) is 2.45. The minimum Gasteiger partial charge on any atom is -0.393 e. The lowest BCUT2D eigenvalue weighted by molar-refractivity contribution is 0.0193. The van der Waals surface area contributed by atoms with Crippen molar-refractivity contribution >= 4 is 0 Å². The molecule has 1 aromatic rings. The summed E-state index contributed by atoms with van der Waals surface area (Å²) in [4.78, 5) is 2.54. The zero-order valence-electron chi connectivity index (χ0n) is 14.2. The average Bonchev–Trinajstić information content (AvgIpc) is 3.08. The van der Waals surface area contributed by atoms with Gasteiger partial charge in [0, 0.05) is 24.9 Å². The van der Waals surface area contributed by atoms with Crippen molar-refractivity contribution in [2.24, 2.45) is 13.0 Å². The Labute approximate surface area is 133 Å². The summed E-state index contributed by atoms with van der Waals surface area (Å²) in [5, 5.41) is 19.1. The first-order valence-electron chi connectivity index (χ1n) is 8.88. The zero-order chi connectivity index (χ0) is 15.7. The monoisotopic (exact) mass is 306 g/mol. The third-order valence-electron chi connectivity index (χ3n) is 5.55. The third-order valence-corrected chi connectivity index (χ3v) is 5.55. The Morgan fingerprint density at radius 1 is 1.14 bits per heavy atom. The molecule has 3 atom stereocenters. The Morgan fingerprint density at radius 3 is 2.59 bits per heavy atom. The number of aliphatic hydroxyl groups is 1. The molecule has 0 radical (unpaired) electrons. The minimum atomic E-state index is -0.106. The van der Waals surface area contributed by atoms with E-state index in [9.17, 15) is 5.11 Å². The van der Waals surface area contributed by atoms with Gasteiger partial charge in [0.25, 0.3) is 0 Å². The number of hydrogen-bond acceptors (Lipinski definition) is 4. The molecule has 22 heavy (non-hydrogen) atoms. The van der Waals surface area contributed by atoms with E-state index in [0.717, 1.165) is 31.2 Å². The molecule has 1 aromatic heterocycles. The van der Waals surface area contributed by atoms with Gasteiger partial charge in [-0.15, -0.1) is 10.2 Å². The molecule has 5 nitrogen and oxygen atoms in total. The summed E-state index contributed by atoms with van der Waals surface area (Å²) in [5.74, 6) is 2.97. The van der Waals surface area contributed by atoms with Crippen molar-refractivity contribution < 1.29 is 5.11 Å². The molecule has 2 aliphatic rings. The molecule has 1 saturated heterocycles. The Morgan fingerprint density at radius 2 is 1.91 bits per heavy atom. The second-order valence-corrected chi connectivity index (χ2v) is 7.38. The number of aliphatic hydroxyl groups excluding tert-OH is 1. The maximum atomic E-state index is 10.4. The molecular weight excluding hydrogens is 276 g/mol. The Bertz CT molecular complexity index is 499. The molecule has 0 unspecified atom stereocenters. The van der Waals surface area contributed by atoms with Crippen LogP contribution in [0.1, 0.15) is 69.9 Å². The second kappa shape index (κ2) is 6.67. The van der Waals surface area contributed by atoms with Crippen molar-refractivity contribution in [1.82, 2.24) is 19.7 Å². The van der Waals surface area contributed by atoms with E-state index in [1.165, 1.54) is 32.1 Å². The van der Waals surface area contributed by atoms with Crippen molar-refractivity contribution in [2.75, 3.05) is 6.54 Å². The second-order valence-electron chi connectivity index (χ2n) is 7.38. The van der Waals surface area contributed by atoms with Gasteiger partial charge in [-0.2, -0.15) is 0 Å². The van der Waals surface area contributed by atoms with Gasteiger partial charge in [-0.05, 0) is 32.2 Å². The molecule has 0 bridgehead atoms. The minimum absolute atomic E-state index is 0.106. The highest BCUT2D eigenvalue weighted by Crippen LogP contribution is 2.35. The fourth-order valence-corrected chi connectivity index (χ4v) is 4.32. The van der Waals surface area contributed by atoms with Gasteiger partial charge in [0.1, 0.15) is 11.6 Å². The van der Waals surface area contributed by atoms with Gasteiger partial charge in [-0.1, -0.05) is 26.7 Å². The van der Waals surface area contributed by atoms with Crippen molar-refractivity contribution in [3.05, 3.63) is 11.6 Å². The topological polar surface area (TPSA) is 54.2 Å². The summed E-state index contributed by atoms with van der Waals surface area (Å²) >= 11 is 0. The fourth-order valence-electron chi connectivity index (χ4n) is 4.32. The van der Waals surface area contributed by atoms with Crippen LogP contribution in [-0.2, 0) is 13.6 Å². The molecule has 1 saturated carbocycles. The van der Waals surface area contributed by atoms with E-state index in [1.807, 2.05) is 0 Å². The van der Waals surface area contributed by atoms with E-state index in [0.29, 0.717) is 17.9 Å². The number of nitrogens with zero attached hydrogens (tertiary/aromatic N) is 4. The summed E-state index contributed by atoms with van der Waals surface area (Å²) in [5.41, 5.74) is 0. The van der Waals surface area contributed by atoms with Crippen LogP contribution < -0.4 is 0 Å². The molecule has 0 aromatic carbocycles. The highest BCUT2D eigenvalue weighted by Gasteiger charge is 2.37. The summed E-state index contributed by atoms with van der Waals surface area (Å²) < 4.78 is 2.15. The van der Waals surface area contributed by atoms with Crippen molar-refractivity contribution in [3.8, 4) is 0 Å². The van der Waals surface area contributed by atoms with Crippen molar-refractivity contribution in [3.63, 3.8) is 0 Å². The van der Waals surface area contributed by atoms with Crippen LogP contribution >= 0.6 is 0 Å². The molecule has 3 rings (SSSR count). The largest absolute Gasteiger partial charge is 0.393 e.